The quantitative estimate of drug-likeness (QED) is 0.817. The van der Waals surface area contributed by atoms with Crippen molar-refractivity contribution in [2.75, 3.05) is 13.7 Å². The number of rotatable bonds is 4. The lowest BCUT2D eigenvalue weighted by Gasteiger charge is -2.12. The zero-order valence-electron chi connectivity index (χ0n) is 9.29. The lowest BCUT2D eigenvalue weighted by Crippen LogP contribution is -2.10. The van der Waals surface area contributed by atoms with Crippen LogP contribution < -0.4 is 4.74 Å². The smallest absolute Gasteiger partial charge is 0.215 e. The number of pyridine rings is 1. The van der Waals surface area contributed by atoms with Crippen molar-refractivity contribution in [1.82, 2.24) is 4.98 Å². The lowest BCUT2D eigenvalue weighted by molar-refractivity contribution is 0.211. The molecule has 0 unspecified atom stereocenters. The van der Waals surface area contributed by atoms with E-state index >= 15 is 0 Å². The number of nitrogens with zero attached hydrogens (tertiary/aromatic N) is 1. The molecule has 1 saturated carbocycles. The van der Waals surface area contributed by atoms with Gasteiger partial charge in [0.1, 0.15) is 0 Å². The third-order valence-corrected chi connectivity index (χ3v) is 3.15. The third-order valence-electron chi connectivity index (χ3n) is 3.15. The van der Waals surface area contributed by atoms with Gasteiger partial charge < -0.3 is 9.84 Å². The van der Waals surface area contributed by atoms with E-state index in [2.05, 4.69) is 11.1 Å². The van der Waals surface area contributed by atoms with E-state index in [4.69, 9.17) is 4.74 Å². The highest BCUT2D eigenvalue weighted by Gasteiger charge is 2.41. The molecule has 0 amide bonds. The van der Waals surface area contributed by atoms with Crippen LogP contribution >= 0.6 is 0 Å². The van der Waals surface area contributed by atoms with Gasteiger partial charge >= 0.3 is 0 Å². The van der Waals surface area contributed by atoms with Crippen molar-refractivity contribution in [3.63, 3.8) is 0 Å². The fraction of sp³-hybridized carbons (Fsp3) is 0.583. The van der Waals surface area contributed by atoms with Crippen LogP contribution in [-0.4, -0.2) is 23.8 Å². The standard InChI is InChI=1S/C12H17NO2/c1-9-5-10(7-13-11(9)15-2)6-12(8-14)3-4-12/h5,7,14H,3-4,6,8H2,1-2H3. The second kappa shape index (κ2) is 3.81. The van der Waals surface area contributed by atoms with Crippen molar-refractivity contribution < 1.29 is 9.84 Å². The largest absolute Gasteiger partial charge is 0.481 e. The molecule has 1 N–H and O–H groups in total. The van der Waals surface area contributed by atoms with Crippen LogP contribution in [0.15, 0.2) is 12.3 Å². The molecule has 0 aliphatic heterocycles. The Kier molecular flexibility index (Phi) is 2.65. The van der Waals surface area contributed by atoms with E-state index in [1.54, 1.807) is 7.11 Å². The fourth-order valence-electron chi connectivity index (χ4n) is 1.93. The van der Waals surface area contributed by atoms with Crippen LogP contribution in [0.25, 0.3) is 0 Å². The summed E-state index contributed by atoms with van der Waals surface area (Å²) in [5.41, 5.74) is 2.41. The Balaban J connectivity index is 2.13. The second-order valence-electron chi connectivity index (χ2n) is 4.50. The molecular formula is C12H17NO2. The van der Waals surface area contributed by atoms with Crippen LogP contribution in [0.3, 0.4) is 0 Å². The molecule has 0 spiro atoms. The Morgan fingerprint density at radius 1 is 1.53 bits per heavy atom. The van der Waals surface area contributed by atoms with Crippen molar-refractivity contribution in [1.29, 1.82) is 0 Å². The number of aliphatic hydroxyl groups excluding tert-OH is 1. The van der Waals surface area contributed by atoms with E-state index in [0.717, 1.165) is 24.8 Å². The van der Waals surface area contributed by atoms with E-state index in [1.165, 1.54) is 5.56 Å². The number of ether oxygens (including phenoxy) is 1. The van der Waals surface area contributed by atoms with E-state index in [1.807, 2.05) is 13.1 Å². The van der Waals surface area contributed by atoms with Gasteiger partial charge in [0.25, 0.3) is 0 Å². The molecule has 2 rings (SSSR count). The average Bonchev–Trinajstić information content (AvgIpc) is 2.99. The molecule has 0 atom stereocenters. The summed E-state index contributed by atoms with van der Waals surface area (Å²) in [6.07, 6.45) is 5.05. The maximum absolute atomic E-state index is 9.24. The molecule has 0 saturated heterocycles. The number of hydrogen-bond donors (Lipinski definition) is 1. The molecule has 1 aliphatic rings. The van der Waals surface area contributed by atoms with Crippen molar-refractivity contribution in [3.05, 3.63) is 23.4 Å². The van der Waals surface area contributed by atoms with Gasteiger partial charge in [-0.2, -0.15) is 0 Å². The molecule has 82 valence electrons. The first-order chi connectivity index (χ1) is 7.19. The third kappa shape index (κ3) is 2.12. The first kappa shape index (κ1) is 10.4. The summed E-state index contributed by atoms with van der Waals surface area (Å²) >= 11 is 0. The number of hydrogen-bond acceptors (Lipinski definition) is 3. The van der Waals surface area contributed by atoms with Gasteiger partial charge in [-0.1, -0.05) is 0 Å². The molecule has 1 aromatic heterocycles. The summed E-state index contributed by atoms with van der Waals surface area (Å²) < 4.78 is 5.11. The fourth-order valence-corrected chi connectivity index (χ4v) is 1.93. The summed E-state index contributed by atoms with van der Waals surface area (Å²) in [5.74, 6) is 0.688. The Morgan fingerprint density at radius 3 is 2.73 bits per heavy atom. The van der Waals surface area contributed by atoms with Crippen LogP contribution in [0.1, 0.15) is 24.0 Å². The lowest BCUT2D eigenvalue weighted by atomic mass is 9.98. The zero-order chi connectivity index (χ0) is 10.9. The van der Waals surface area contributed by atoms with Crippen molar-refractivity contribution in [2.45, 2.75) is 26.2 Å². The topological polar surface area (TPSA) is 42.4 Å². The van der Waals surface area contributed by atoms with Crippen LogP contribution in [0.2, 0.25) is 0 Å². The molecule has 1 heterocycles. The van der Waals surface area contributed by atoms with Gasteiger partial charge in [0, 0.05) is 18.4 Å². The van der Waals surface area contributed by atoms with E-state index in [-0.39, 0.29) is 12.0 Å². The number of aliphatic hydroxyl groups is 1. The highest BCUT2D eigenvalue weighted by Crippen LogP contribution is 2.47. The first-order valence-corrected chi connectivity index (χ1v) is 5.29. The normalized spacial score (nSPS) is 17.5. The van der Waals surface area contributed by atoms with Gasteiger partial charge in [-0.05, 0) is 43.2 Å². The summed E-state index contributed by atoms with van der Waals surface area (Å²) in [6, 6.07) is 2.10. The highest BCUT2D eigenvalue weighted by atomic mass is 16.5. The molecule has 3 heteroatoms. The molecule has 1 aliphatic carbocycles. The number of methoxy groups -OCH3 is 1. The SMILES string of the molecule is COc1ncc(CC2(CO)CC2)cc1C. The second-order valence-corrected chi connectivity index (χ2v) is 4.50. The Hall–Kier alpha value is -1.09. The summed E-state index contributed by atoms with van der Waals surface area (Å²) in [4.78, 5) is 4.24. The maximum Gasteiger partial charge on any atom is 0.215 e. The zero-order valence-corrected chi connectivity index (χ0v) is 9.29. The van der Waals surface area contributed by atoms with Gasteiger partial charge in [-0.15, -0.1) is 0 Å². The van der Waals surface area contributed by atoms with Gasteiger partial charge in [0.05, 0.1) is 7.11 Å². The van der Waals surface area contributed by atoms with Gasteiger partial charge in [-0.25, -0.2) is 4.98 Å². The minimum absolute atomic E-state index is 0.155. The van der Waals surface area contributed by atoms with Crippen LogP contribution in [-0.2, 0) is 6.42 Å². The van der Waals surface area contributed by atoms with Gasteiger partial charge in [-0.3, -0.25) is 0 Å². The van der Waals surface area contributed by atoms with Crippen molar-refractivity contribution in [3.8, 4) is 5.88 Å². The van der Waals surface area contributed by atoms with Crippen molar-refractivity contribution >= 4 is 0 Å². The van der Waals surface area contributed by atoms with Crippen LogP contribution in [0.5, 0.6) is 5.88 Å². The summed E-state index contributed by atoms with van der Waals surface area (Å²) in [5, 5.41) is 9.24. The molecule has 1 aromatic rings. The Bertz CT molecular complexity index is 359. The van der Waals surface area contributed by atoms with Crippen LogP contribution in [0.4, 0.5) is 0 Å². The number of aromatic nitrogens is 1. The molecule has 0 aromatic carbocycles. The van der Waals surface area contributed by atoms with E-state index in [9.17, 15) is 5.11 Å². The predicted molar refractivity (Wildman–Crippen MR) is 58.0 cm³/mol. The first-order valence-electron chi connectivity index (χ1n) is 5.29. The highest BCUT2D eigenvalue weighted by molar-refractivity contribution is 5.29. The summed E-state index contributed by atoms with van der Waals surface area (Å²) in [7, 11) is 1.63. The molecule has 3 nitrogen and oxygen atoms in total. The van der Waals surface area contributed by atoms with Crippen LogP contribution in [0, 0.1) is 12.3 Å². The monoisotopic (exact) mass is 207 g/mol. The molecule has 0 radical (unpaired) electrons. The van der Waals surface area contributed by atoms with E-state index < -0.39 is 0 Å². The molecule has 1 fully saturated rings. The van der Waals surface area contributed by atoms with Crippen molar-refractivity contribution in [2.24, 2.45) is 5.41 Å². The Labute approximate surface area is 90.1 Å². The van der Waals surface area contributed by atoms with Gasteiger partial charge in [0.2, 0.25) is 5.88 Å². The van der Waals surface area contributed by atoms with Gasteiger partial charge in [0.15, 0.2) is 0 Å². The Morgan fingerprint density at radius 2 is 2.27 bits per heavy atom. The summed E-state index contributed by atoms with van der Waals surface area (Å²) in [6.45, 7) is 2.28. The minimum Gasteiger partial charge on any atom is -0.481 e. The maximum atomic E-state index is 9.24. The molecule has 0 bridgehead atoms. The predicted octanol–water partition coefficient (Wildman–Crippen LogP) is 1.71. The average molecular weight is 207 g/mol. The molecule has 15 heavy (non-hydrogen) atoms. The number of aryl methyl sites for hydroxylation is 1. The van der Waals surface area contributed by atoms with E-state index in [0.29, 0.717) is 5.88 Å². The minimum atomic E-state index is 0.155. The molecular weight excluding hydrogens is 190 g/mol.